The van der Waals surface area contributed by atoms with E-state index in [-0.39, 0.29) is 6.04 Å². The number of nitrogens with one attached hydrogen (secondary N) is 2. The van der Waals surface area contributed by atoms with Crippen LogP contribution in [0.5, 0.6) is 0 Å². The third-order valence-corrected chi connectivity index (χ3v) is 5.73. The predicted octanol–water partition coefficient (Wildman–Crippen LogP) is 1.98. The Bertz CT molecular complexity index is 543. The van der Waals surface area contributed by atoms with E-state index in [2.05, 4.69) is 16.1 Å². The summed E-state index contributed by atoms with van der Waals surface area (Å²) in [5.41, 5.74) is 2.41. The minimum absolute atomic E-state index is 0.0750. The van der Waals surface area contributed by atoms with Crippen molar-refractivity contribution >= 4 is 10.0 Å². The molecule has 2 N–H and O–H groups in total. The van der Waals surface area contributed by atoms with Crippen LogP contribution >= 0.6 is 0 Å². The van der Waals surface area contributed by atoms with Gasteiger partial charge >= 0.3 is 0 Å². The van der Waals surface area contributed by atoms with Gasteiger partial charge in [-0.25, -0.2) is 13.1 Å². The van der Waals surface area contributed by atoms with Gasteiger partial charge in [0.2, 0.25) is 10.0 Å². The van der Waals surface area contributed by atoms with Crippen LogP contribution in [-0.2, 0) is 16.4 Å². The fourth-order valence-electron chi connectivity index (χ4n) is 2.65. The van der Waals surface area contributed by atoms with Gasteiger partial charge in [0.25, 0.3) is 0 Å². The lowest BCUT2D eigenvalue weighted by molar-refractivity contribution is 0.498. The number of hydrogen-bond acceptors (Lipinski definition) is 3. The summed E-state index contributed by atoms with van der Waals surface area (Å²) in [5.74, 6) is 0. The lowest BCUT2D eigenvalue weighted by Crippen LogP contribution is -2.41. The van der Waals surface area contributed by atoms with E-state index < -0.39 is 15.3 Å². The molecule has 4 nitrogen and oxygen atoms in total. The zero-order valence-corrected chi connectivity index (χ0v) is 13.0. The Balaban J connectivity index is 2.10. The summed E-state index contributed by atoms with van der Waals surface area (Å²) in [5, 5.41) is 2.67. The molecule has 0 aliphatic heterocycles. The molecule has 0 heterocycles. The number of benzene rings is 1. The van der Waals surface area contributed by atoms with E-state index in [1.807, 2.05) is 25.1 Å². The molecule has 1 aliphatic carbocycles. The largest absolute Gasteiger partial charge is 0.316 e. The SMILES string of the molecule is CCNCC(C)S(=O)(=O)NC1CCCc2ccccc21. The Morgan fingerprint density at radius 2 is 2.10 bits per heavy atom. The molecule has 1 aromatic carbocycles. The number of sulfonamides is 1. The van der Waals surface area contributed by atoms with E-state index in [0.29, 0.717) is 6.54 Å². The monoisotopic (exact) mass is 296 g/mol. The van der Waals surface area contributed by atoms with E-state index in [1.54, 1.807) is 6.92 Å². The van der Waals surface area contributed by atoms with E-state index >= 15 is 0 Å². The lowest BCUT2D eigenvalue weighted by atomic mass is 9.88. The maximum absolute atomic E-state index is 12.4. The van der Waals surface area contributed by atoms with Gasteiger partial charge in [-0.15, -0.1) is 0 Å². The first-order valence-corrected chi connectivity index (χ1v) is 8.89. The molecule has 20 heavy (non-hydrogen) atoms. The minimum atomic E-state index is -3.29. The first-order chi connectivity index (χ1) is 9.54. The molecule has 2 atom stereocenters. The Morgan fingerprint density at radius 3 is 2.85 bits per heavy atom. The first-order valence-electron chi connectivity index (χ1n) is 7.34. The number of hydrogen-bond donors (Lipinski definition) is 2. The van der Waals surface area contributed by atoms with Crippen molar-refractivity contribution < 1.29 is 8.42 Å². The second-order valence-corrected chi connectivity index (χ2v) is 7.56. The topological polar surface area (TPSA) is 58.2 Å². The van der Waals surface area contributed by atoms with Crippen LogP contribution in [0, 0.1) is 0 Å². The van der Waals surface area contributed by atoms with Crippen LogP contribution in [0.25, 0.3) is 0 Å². The van der Waals surface area contributed by atoms with Crippen LogP contribution in [0.1, 0.15) is 43.9 Å². The van der Waals surface area contributed by atoms with Crippen LogP contribution in [0.4, 0.5) is 0 Å². The molecule has 0 aromatic heterocycles. The molecule has 0 amide bonds. The quantitative estimate of drug-likeness (QED) is 0.844. The van der Waals surface area contributed by atoms with Crippen molar-refractivity contribution in [3.63, 3.8) is 0 Å². The normalized spacial score (nSPS) is 20.4. The molecule has 0 radical (unpaired) electrons. The zero-order valence-electron chi connectivity index (χ0n) is 12.2. The van der Waals surface area contributed by atoms with Crippen molar-refractivity contribution in [1.29, 1.82) is 0 Å². The number of rotatable bonds is 6. The summed E-state index contributed by atoms with van der Waals surface area (Å²) >= 11 is 0. The highest BCUT2D eigenvalue weighted by Crippen LogP contribution is 2.30. The zero-order chi connectivity index (χ0) is 14.6. The van der Waals surface area contributed by atoms with Gasteiger partial charge in [-0.05, 0) is 43.9 Å². The number of fused-ring (bicyclic) bond motifs is 1. The molecule has 1 aliphatic rings. The molecule has 0 saturated carbocycles. The van der Waals surface area contributed by atoms with Crippen LogP contribution in [-0.4, -0.2) is 26.8 Å². The predicted molar refractivity (Wildman–Crippen MR) is 82.2 cm³/mol. The molecule has 0 bridgehead atoms. The third kappa shape index (κ3) is 3.59. The summed E-state index contributed by atoms with van der Waals surface area (Å²) < 4.78 is 27.6. The number of aryl methyl sites for hydroxylation is 1. The molecule has 5 heteroatoms. The Labute approximate surface area is 122 Å². The molecule has 1 aromatic rings. The Morgan fingerprint density at radius 1 is 1.35 bits per heavy atom. The average Bonchev–Trinajstić information content (AvgIpc) is 2.44. The second-order valence-electron chi connectivity index (χ2n) is 5.42. The smallest absolute Gasteiger partial charge is 0.216 e. The van der Waals surface area contributed by atoms with Gasteiger partial charge in [0, 0.05) is 12.6 Å². The van der Waals surface area contributed by atoms with Crippen molar-refractivity contribution in [2.24, 2.45) is 0 Å². The average molecular weight is 296 g/mol. The van der Waals surface area contributed by atoms with E-state index in [0.717, 1.165) is 31.4 Å². The van der Waals surface area contributed by atoms with Gasteiger partial charge < -0.3 is 5.32 Å². The Hall–Kier alpha value is -0.910. The van der Waals surface area contributed by atoms with Crippen LogP contribution in [0.2, 0.25) is 0 Å². The fraction of sp³-hybridized carbons (Fsp3) is 0.600. The first kappa shape index (κ1) is 15.5. The highest BCUT2D eigenvalue weighted by Gasteiger charge is 2.27. The van der Waals surface area contributed by atoms with Gasteiger partial charge in [0.1, 0.15) is 0 Å². The minimum Gasteiger partial charge on any atom is -0.316 e. The van der Waals surface area contributed by atoms with Crippen molar-refractivity contribution in [3.05, 3.63) is 35.4 Å². The van der Waals surface area contributed by atoms with Crippen LogP contribution < -0.4 is 10.0 Å². The molecular weight excluding hydrogens is 272 g/mol. The van der Waals surface area contributed by atoms with Gasteiger partial charge in [-0.2, -0.15) is 0 Å². The van der Waals surface area contributed by atoms with Crippen LogP contribution in [0.15, 0.2) is 24.3 Å². The van der Waals surface area contributed by atoms with E-state index in [9.17, 15) is 8.42 Å². The molecule has 0 spiro atoms. The summed E-state index contributed by atoms with van der Waals surface area (Å²) in [6.45, 7) is 5.00. The maximum atomic E-state index is 12.4. The van der Waals surface area contributed by atoms with Gasteiger partial charge in [0.05, 0.1) is 5.25 Å². The van der Waals surface area contributed by atoms with Crippen molar-refractivity contribution in [2.75, 3.05) is 13.1 Å². The van der Waals surface area contributed by atoms with Crippen molar-refractivity contribution in [1.82, 2.24) is 10.0 Å². The molecule has 2 unspecified atom stereocenters. The summed E-state index contributed by atoms with van der Waals surface area (Å²) in [4.78, 5) is 0. The van der Waals surface area contributed by atoms with Gasteiger partial charge in [-0.3, -0.25) is 0 Å². The molecule has 0 fully saturated rings. The highest BCUT2D eigenvalue weighted by atomic mass is 32.2. The third-order valence-electron chi connectivity index (χ3n) is 3.89. The van der Waals surface area contributed by atoms with E-state index in [1.165, 1.54) is 5.56 Å². The maximum Gasteiger partial charge on any atom is 0.216 e. The summed E-state index contributed by atoms with van der Waals surface area (Å²) in [7, 11) is -3.29. The molecule has 112 valence electrons. The van der Waals surface area contributed by atoms with Crippen molar-refractivity contribution in [2.45, 2.75) is 44.4 Å². The van der Waals surface area contributed by atoms with Gasteiger partial charge in [-0.1, -0.05) is 31.2 Å². The van der Waals surface area contributed by atoms with Crippen molar-refractivity contribution in [3.8, 4) is 0 Å². The Kier molecular flexibility index (Phi) is 5.18. The standard InChI is InChI=1S/C15H24N2O2S/c1-3-16-11-12(2)20(18,19)17-15-10-6-8-13-7-4-5-9-14(13)15/h4-5,7,9,12,15-17H,3,6,8,10-11H2,1-2H3. The molecular formula is C15H24N2O2S. The van der Waals surface area contributed by atoms with E-state index in [4.69, 9.17) is 0 Å². The summed E-state index contributed by atoms with van der Waals surface area (Å²) in [6.07, 6.45) is 2.96. The second kappa shape index (κ2) is 6.70. The highest BCUT2D eigenvalue weighted by molar-refractivity contribution is 7.90. The summed E-state index contributed by atoms with van der Waals surface area (Å²) in [6, 6.07) is 8.06. The lowest BCUT2D eigenvalue weighted by Gasteiger charge is -2.27. The molecule has 2 rings (SSSR count). The fourth-order valence-corrected chi connectivity index (χ4v) is 3.86. The van der Waals surface area contributed by atoms with Gasteiger partial charge in [0.15, 0.2) is 0 Å². The molecule has 0 saturated heterocycles. The van der Waals surface area contributed by atoms with Crippen LogP contribution in [0.3, 0.4) is 0 Å².